The molecule has 0 unspecified atom stereocenters. The van der Waals surface area contributed by atoms with Crippen LogP contribution in [0.5, 0.6) is 0 Å². The lowest BCUT2D eigenvalue weighted by molar-refractivity contribution is 0.544. The Hall–Kier alpha value is -1.05. The third-order valence-corrected chi connectivity index (χ3v) is 1.31. The molecular weight excluding hydrogens is 126 g/mol. The predicted octanol–water partition coefficient (Wildman–Crippen LogP) is 2.44. The molecule has 0 amide bonds. The Labute approximate surface area is 60.6 Å². The first-order chi connectivity index (χ1) is 4.74. The Kier molecular flexibility index (Phi) is 1.90. The molecule has 2 heteroatoms. The van der Waals surface area contributed by atoms with Crippen LogP contribution in [0.15, 0.2) is 17.3 Å². The van der Waals surface area contributed by atoms with Crippen molar-refractivity contribution in [1.29, 1.82) is 0 Å². The molecule has 0 aliphatic carbocycles. The molecule has 1 aromatic heterocycles. The largest absolute Gasteiger partial charge is 0.445 e. The molecule has 54 valence electrons. The van der Waals surface area contributed by atoms with Crippen LogP contribution in [0.25, 0.3) is 6.08 Å². The summed E-state index contributed by atoms with van der Waals surface area (Å²) < 4.78 is 5.05. The van der Waals surface area contributed by atoms with E-state index in [-0.39, 0.29) is 0 Å². The van der Waals surface area contributed by atoms with Gasteiger partial charge in [0, 0.05) is 0 Å². The number of oxazole rings is 1. The van der Waals surface area contributed by atoms with Crippen molar-refractivity contribution in [2.24, 2.45) is 0 Å². The SMILES string of the molecule is C=Cc1nc(C(C)C)co1. The van der Waals surface area contributed by atoms with Crippen molar-refractivity contribution < 1.29 is 4.42 Å². The van der Waals surface area contributed by atoms with Crippen molar-refractivity contribution in [1.82, 2.24) is 4.98 Å². The molecule has 10 heavy (non-hydrogen) atoms. The highest BCUT2D eigenvalue weighted by molar-refractivity contribution is 5.33. The summed E-state index contributed by atoms with van der Waals surface area (Å²) in [5, 5.41) is 0. The van der Waals surface area contributed by atoms with Gasteiger partial charge in [0.2, 0.25) is 5.89 Å². The molecule has 0 aliphatic heterocycles. The highest BCUT2D eigenvalue weighted by Crippen LogP contribution is 2.13. The molecule has 0 aliphatic rings. The number of hydrogen-bond donors (Lipinski definition) is 0. The van der Waals surface area contributed by atoms with Crippen LogP contribution in [-0.4, -0.2) is 4.98 Å². The quantitative estimate of drug-likeness (QED) is 0.625. The Balaban J connectivity index is 2.88. The van der Waals surface area contributed by atoms with E-state index >= 15 is 0 Å². The number of rotatable bonds is 2. The van der Waals surface area contributed by atoms with Crippen LogP contribution in [0.1, 0.15) is 31.4 Å². The van der Waals surface area contributed by atoms with Crippen LogP contribution >= 0.6 is 0 Å². The van der Waals surface area contributed by atoms with Crippen molar-refractivity contribution in [2.45, 2.75) is 19.8 Å². The molecular formula is C8H11NO. The Morgan fingerprint density at radius 1 is 1.70 bits per heavy atom. The van der Waals surface area contributed by atoms with E-state index in [9.17, 15) is 0 Å². The van der Waals surface area contributed by atoms with Crippen LogP contribution < -0.4 is 0 Å². The minimum absolute atomic E-state index is 0.428. The van der Waals surface area contributed by atoms with Crippen molar-refractivity contribution in [3.63, 3.8) is 0 Å². The molecule has 0 bridgehead atoms. The Bertz CT molecular complexity index is 225. The van der Waals surface area contributed by atoms with Crippen LogP contribution in [0.4, 0.5) is 0 Å². The summed E-state index contributed by atoms with van der Waals surface area (Å²) in [4.78, 5) is 4.14. The van der Waals surface area contributed by atoms with Crippen LogP contribution in [0.3, 0.4) is 0 Å². The van der Waals surface area contributed by atoms with Gasteiger partial charge in [-0.15, -0.1) is 0 Å². The van der Waals surface area contributed by atoms with Crippen LogP contribution in [0.2, 0.25) is 0 Å². The lowest BCUT2D eigenvalue weighted by Gasteiger charge is -1.93. The van der Waals surface area contributed by atoms with E-state index in [2.05, 4.69) is 25.4 Å². The zero-order valence-electron chi connectivity index (χ0n) is 6.29. The number of aromatic nitrogens is 1. The fourth-order valence-corrected chi connectivity index (χ4v) is 0.660. The highest BCUT2D eigenvalue weighted by atomic mass is 16.3. The lowest BCUT2D eigenvalue weighted by Crippen LogP contribution is -1.85. The van der Waals surface area contributed by atoms with E-state index in [1.165, 1.54) is 0 Å². The lowest BCUT2D eigenvalue weighted by atomic mass is 10.2. The van der Waals surface area contributed by atoms with Gasteiger partial charge < -0.3 is 4.42 Å². The molecule has 1 rings (SSSR count). The topological polar surface area (TPSA) is 26.0 Å². The van der Waals surface area contributed by atoms with E-state index in [0.717, 1.165) is 5.69 Å². The van der Waals surface area contributed by atoms with Gasteiger partial charge >= 0.3 is 0 Å². The molecule has 1 aromatic rings. The molecule has 0 saturated carbocycles. The van der Waals surface area contributed by atoms with Gasteiger partial charge in [0.25, 0.3) is 0 Å². The predicted molar refractivity (Wildman–Crippen MR) is 40.7 cm³/mol. The first kappa shape index (κ1) is 7.06. The zero-order valence-corrected chi connectivity index (χ0v) is 6.29. The first-order valence-electron chi connectivity index (χ1n) is 3.32. The van der Waals surface area contributed by atoms with Gasteiger partial charge in [-0.2, -0.15) is 0 Å². The maximum absolute atomic E-state index is 5.05. The number of hydrogen-bond acceptors (Lipinski definition) is 2. The normalized spacial score (nSPS) is 10.3. The van der Waals surface area contributed by atoms with Crippen molar-refractivity contribution in [3.05, 3.63) is 24.4 Å². The van der Waals surface area contributed by atoms with Gasteiger partial charge in [-0.05, 0) is 12.0 Å². The van der Waals surface area contributed by atoms with Crippen LogP contribution in [0, 0.1) is 0 Å². The molecule has 0 saturated heterocycles. The Morgan fingerprint density at radius 2 is 2.40 bits per heavy atom. The fraction of sp³-hybridized carbons (Fsp3) is 0.375. The summed E-state index contributed by atoms with van der Waals surface area (Å²) in [7, 11) is 0. The summed E-state index contributed by atoms with van der Waals surface area (Å²) >= 11 is 0. The van der Waals surface area contributed by atoms with E-state index < -0.39 is 0 Å². The highest BCUT2D eigenvalue weighted by Gasteiger charge is 2.03. The van der Waals surface area contributed by atoms with Gasteiger partial charge in [-0.25, -0.2) is 4.98 Å². The summed E-state index contributed by atoms with van der Waals surface area (Å²) in [6, 6.07) is 0. The van der Waals surface area contributed by atoms with Gasteiger partial charge in [-0.3, -0.25) is 0 Å². The third kappa shape index (κ3) is 1.26. The zero-order chi connectivity index (χ0) is 7.56. The second-order valence-electron chi connectivity index (χ2n) is 2.47. The van der Waals surface area contributed by atoms with E-state index in [0.29, 0.717) is 11.8 Å². The molecule has 0 atom stereocenters. The summed E-state index contributed by atoms with van der Waals surface area (Å²) in [6.45, 7) is 7.70. The summed E-state index contributed by atoms with van der Waals surface area (Å²) in [6.07, 6.45) is 3.27. The maximum Gasteiger partial charge on any atom is 0.218 e. The molecule has 0 fully saturated rings. The Morgan fingerprint density at radius 3 is 2.70 bits per heavy atom. The van der Waals surface area contributed by atoms with Gasteiger partial charge in [0.05, 0.1) is 5.69 Å². The van der Waals surface area contributed by atoms with E-state index in [4.69, 9.17) is 4.42 Å². The molecule has 0 N–H and O–H groups in total. The monoisotopic (exact) mass is 137 g/mol. The fourth-order valence-electron chi connectivity index (χ4n) is 0.660. The maximum atomic E-state index is 5.05. The molecule has 0 spiro atoms. The minimum atomic E-state index is 0.428. The van der Waals surface area contributed by atoms with Crippen LogP contribution in [-0.2, 0) is 0 Å². The average molecular weight is 137 g/mol. The number of nitrogens with zero attached hydrogens (tertiary/aromatic N) is 1. The smallest absolute Gasteiger partial charge is 0.218 e. The van der Waals surface area contributed by atoms with Gasteiger partial charge in [-0.1, -0.05) is 20.4 Å². The minimum Gasteiger partial charge on any atom is -0.445 e. The second kappa shape index (κ2) is 2.69. The van der Waals surface area contributed by atoms with Crippen molar-refractivity contribution in [2.75, 3.05) is 0 Å². The average Bonchev–Trinajstić information content (AvgIpc) is 2.34. The van der Waals surface area contributed by atoms with E-state index in [1.54, 1.807) is 12.3 Å². The standard InChI is InChI=1S/C8H11NO/c1-4-8-9-7(5-10-8)6(2)3/h4-6H,1H2,2-3H3. The molecule has 0 aromatic carbocycles. The molecule has 0 radical (unpaired) electrons. The van der Waals surface area contributed by atoms with Gasteiger partial charge in [0.1, 0.15) is 6.26 Å². The van der Waals surface area contributed by atoms with Crippen molar-refractivity contribution >= 4 is 6.08 Å². The van der Waals surface area contributed by atoms with Gasteiger partial charge in [0.15, 0.2) is 0 Å². The van der Waals surface area contributed by atoms with E-state index in [1.807, 2.05) is 0 Å². The third-order valence-electron chi connectivity index (χ3n) is 1.31. The first-order valence-corrected chi connectivity index (χ1v) is 3.32. The summed E-state index contributed by atoms with van der Waals surface area (Å²) in [5.74, 6) is 1.03. The summed E-state index contributed by atoms with van der Waals surface area (Å²) in [5.41, 5.74) is 0.981. The molecule has 1 heterocycles. The second-order valence-corrected chi connectivity index (χ2v) is 2.47. The van der Waals surface area contributed by atoms with Crippen molar-refractivity contribution in [3.8, 4) is 0 Å². The molecule has 2 nitrogen and oxygen atoms in total.